The summed E-state index contributed by atoms with van der Waals surface area (Å²) in [5, 5.41) is 13.8. The molecule has 2 aliphatic rings. The second-order valence-electron chi connectivity index (χ2n) is 8.59. The zero-order chi connectivity index (χ0) is 24.8. The Morgan fingerprint density at radius 1 is 0.838 bits per heavy atom. The van der Waals surface area contributed by atoms with E-state index in [2.05, 4.69) is 41.5 Å². The van der Waals surface area contributed by atoms with E-state index >= 15 is 0 Å². The third-order valence-corrected chi connectivity index (χ3v) is 6.31. The number of aromatic nitrogens is 7. The van der Waals surface area contributed by atoms with Gasteiger partial charge in [0.05, 0.1) is 34.0 Å². The van der Waals surface area contributed by atoms with Crippen LogP contribution in [0.15, 0.2) is 91.6 Å². The van der Waals surface area contributed by atoms with E-state index in [4.69, 9.17) is 4.98 Å². The van der Waals surface area contributed by atoms with Crippen LogP contribution in [-0.2, 0) is 0 Å². The molecule has 0 fully saturated rings. The first kappa shape index (κ1) is 20.9. The normalized spacial score (nSPS) is 11.4. The van der Waals surface area contributed by atoms with Gasteiger partial charge in [-0.2, -0.15) is 0 Å². The fourth-order valence-corrected chi connectivity index (χ4v) is 4.55. The molecule has 176 valence electrons. The standard InChI is InChI=1S/C28H18N8O/c37-28(32-18-6-4-10-29-14-18)20-8-3-9-23-24(20)34-27(33-23)25-21-11-17(13-31-26(21)36-35-25)22-15-30-12-16-5-1-2-7-19(16)22/h1-15H,(H,32,37)(H,33,34)(H,31,35,36). The first-order valence-electron chi connectivity index (χ1n) is 11.6. The van der Waals surface area contributed by atoms with E-state index < -0.39 is 0 Å². The quantitative estimate of drug-likeness (QED) is 0.312. The number of aromatic amines is 2. The number of nitrogens with one attached hydrogen (secondary N) is 3. The molecule has 9 heteroatoms. The number of imidazole rings is 1. The summed E-state index contributed by atoms with van der Waals surface area (Å²) < 4.78 is 0. The molecular formula is C28H18N8O. The highest BCUT2D eigenvalue weighted by molar-refractivity contribution is 6.11. The van der Waals surface area contributed by atoms with Crippen molar-refractivity contribution in [1.82, 2.24) is 35.1 Å². The predicted octanol–water partition coefficient (Wildman–Crippen LogP) is 5.32. The summed E-state index contributed by atoms with van der Waals surface area (Å²) in [6.07, 6.45) is 8.87. The molecule has 3 N–H and O–H groups in total. The maximum absolute atomic E-state index is 13.0. The van der Waals surface area contributed by atoms with Gasteiger partial charge in [0, 0.05) is 41.3 Å². The van der Waals surface area contributed by atoms with Crippen LogP contribution in [-0.4, -0.2) is 41.0 Å². The van der Waals surface area contributed by atoms with Crippen molar-refractivity contribution in [3.63, 3.8) is 0 Å². The Morgan fingerprint density at radius 2 is 1.78 bits per heavy atom. The number of carbonyl (C=O) groups excluding carboxylic acids is 1. The van der Waals surface area contributed by atoms with Gasteiger partial charge in [0.1, 0.15) is 5.69 Å². The molecule has 0 atom stereocenters. The van der Waals surface area contributed by atoms with Gasteiger partial charge < -0.3 is 15.3 Å². The van der Waals surface area contributed by atoms with Gasteiger partial charge in [-0.25, -0.2) is 4.98 Å². The van der Waals surface area contributed by atoms with E-state index in [1.165, 1.54) is 0 Å². The fraction of sp³-hybridized carbons (Fsp3) is 0. The first-order valence-corrected chi connectivity index (χ1v) is 11.6. The second kappa shape index (κ2) is 8.35. The number of amides is 1. The lowest BCUT2D eigenvalue weighted by Crippen LogP contribution is -2.12. The van der Waals surface area contributed by atoms with Gasteiger partial charge in [0.15, 0.2) is 11.6 Å². The number of benzene rings is 2. The number of para-hydroxylation sites is 1. The minimum Gasteiger partial charge on any atom is -0.344 e. The van der Waals surface area contributed by atoms with Crippen LogP contribution in [0.4, 0.5) is 5.69 Å². The summed E-state index contributed by atoms with van der Waals surface area (Å²) in [4.78, 5) is 32.8. The number of anilines is 1. The third kappa shape index (κ3) is 3.57. The molecule has 0 saturated carbocycles. The summed E-state index contributed by atoms with van der Waals surface area (Å²) in [6.45, 7) is 0. The molecule has 0 saturated heterocycles. The third-order valence-electron chi connectivity index (χ3n) is 6.31. The highest BCUT2D eigenvalue weighted by Gasteiger charge is 2.21. The van der Waals surface area contributed by atoms with Gasteiger partial charge in [-0.1, -0.05) is 30.3 Å². The molecule has 37 heavy (non-hydrogen) atoms. The number of pyridine rings is 3. The topological polar surface area (TPSA) is 125 Å². The molecule has 0 radical (unpaired) electrons. The van der Waals surface area contributed by atoms with Gasteiger partial charge >= 0.3 is 0 Å². The Labute approximate surface area is 210 Å². The minimum atomic E-state index is -0.258. The average Bonchev–Trinajstić information content (AvgIpc) is 3.57. The fourth-order valence-electron chi connectivity index (χ4n) is 4.55. The van der Waals surface area contributed by atoms with Crippen molar-refractivity contribution in [3.8, 4) is 34.0 Å². The van der Waals surface area contributed by atoms with Crippen LogP contribution in [0.1, 0.15) is 10.4 Å². The molecule has 2 aliphatic heterocycles. The molecule has 5 heterocycles. The van der Waals surface area contributed by atoms with Gasteiger partial charge in [0.25, 0.3) is 5.91 Å². The molecule has 2 aromatic carbocycles. The summed E-state index contributed by atoms with van der Waals surface area (Å²) in [5.74, 6) is 0.911. The van der Waals surface area contributed by atoms with Gasteiger partial charge in [-0.3, -0.25) is 14.8 Å². The molecule has 7 rings (SSSR count). The number of H-pyrrole nitrogens is 2. The Kier molecular flexibility index (Phi) is 4.71. The largest absolute Gasteiger partial charge is 0.344 e. The van der Waals surface area contributed by atoms with Crippen LogP contribution in [0.25, 0.3) is 55.8 Å². The molecular weight excluding hydrogens is 464 g/mol. The molecule has 1 amide bonds. The smallest absolute Gasteiger partial charge is 0.257 e. The number of carbonyl (C=O) groups is 1. The molecule has 5 aromatic rings. The Bertz CT molecular complexity index is 1880. The maximum Gasteiger partial charge on any atom is 0.257 e. The zero-order valence-electron chi connectivity index (χ0n) is 19.3. The number of rotatable bonds is 4. The monoisotopic (exact) mass is 482 g/mol. The molecule has 0 aliphatic carbocycles. The van der Waals surface area contributed by atoms with Crippen molar-refractivity contribution in [3.05, 3.63) is 97.2 Å². The van der Waals surface area contributed by atoms with Crippen LogP contribution in [0.5, 0.6) is 0 Å². The van der Waals surface area contributed by atoms with Crippen molar-refractivity contribution in [1.29, 1.82) is 0 Å². The van der Waals surface area contributed by atoms with Crippen molar-refractivity contribution in [2.45, 2.75) is 0 Å². The highest BCUT2D eigenvalue weighted by atomic mass is 16.1. The summed E-state index contributed by atoms with van der Waals surface area (Å²) in [5.41, 5.74) is 5.72. The predicted molar refractivity (Wildman–Crippen MR) is 141 cm³/mol. The first-order chi connectivity index (χ1) is 18.2. The van der Waals surface area contributed by atoms with Crippen molar-refractivity contribution >= 4 is 33.4 Å². The Morgan fingerprint density at radius 3 is 2.70 bits per heavy atom. The lowest BCUT2D eigenvalue weighted by molar-refractivity contribution is 0.102. The number of hydrogen-bond donors (Lipinski definition) is 3. The van der Waals surface area contributed by atoms with E-state index in [0.717, 1.165) is 27.5 Å². The highest BCUT2D eigenvalue weighted by Crippen LogP contribution is 2.35. The van der Waals surface area contributed by atoms with E-state index in [0.29, 0.717) is 39.6 Å². The average molecular weight is 483 g/mol. The number of nitrogens with zero attached hydrogens (tertiary/aromatic N) is 5. The minimum absolute atomic E-state index is 0.258. The lowest BCUT2D eigenvalue weighted by atomic mass is 10.0. The molecule has 0 bridgehead atoms. The van der Waals surface area contributed by atoms with Gasteiger partial charge in [0.2, 0.25) is 0 Å². The van der Waals surface area contributed by atoms with Crippen LogP contribution in [0.2, 0.25) is 0 Å². The second-order valence-corrected chi connectivity index (χ2v) is 8.59. The van der Waals surface area contributed by atoms with E-state index in [1.807, 2.05) is 48.9 Å². The summed E-state index contributed by atoms with van der Waals surface area (Å²) >= 11 is 0. The van der Waals surface area contributed by atoms with Gasteiger partial charge in [-0.15, -0.1) is 10.2 Å². The van der Waals surface area contributed by atoms with Crippen molar-refractivity contribution in [2.24, 2.45) is 0 Å². The Hall–Kier alpha value is -5.44. The molecule has 3 aromatic heterocycles. The van der Waals surface area contributed by atoms with Crippen molar-refractivity contribution in [2.75, 3.05) is 5.32 Å². The van der Waals surface area contributed by atoms with E-state index in [1.54, 1.807) is 36.7 Å². The lowest BCUT2D eigenvalue weighted by Gasteiger charge is -2.08. The van der Waals surface area contributed by atoms with E-state index in [-0.39, 0.29) is 5.91 Å². The molecule has 0 unspecified atom stereocenters. The number of hydrogen-bond acceptors (Lipinski definition) is 6. The molecule has 0 spiro atoms. The maximum atomic E-state index is 13.0. The van der Waals surface area contributed by atoms with Crippen LogP contribution in [0, 0.1) is 0 Å². The zero-order valence-corrected chi connectivity index (χ0v) is 19.3. The van der Waals surface area contributed by atoms with Crippen LogP contribution < -0.4 is 5.32 Å². The van der Waals surface area contributed by atoms with Crippen molar-refractivity contribution < 1.29 is 4.79 Å². The summed E-state index contributed by atoms with van der Waals surface area (Å²) in [6, 6.07) is 19.1. The van der Waals surface area contributed by atoms with Crippen LogP contribution in [0.3, 0.4) is 0 Å². The van der Waals surface area contributed by atoms with Crippen LogP contribution >= 0.6 is 0 Å². The van der Waals surface area contributed by atoms with E-state index in [9.17, 15) is 4.79 Å². The molecule has 9 nitrogen and oxygen atoms in total. The van der Waals surface area contributed by atoms with Gasteiger partial charge in [-0.05, 0) is 35.7 Å². The Balaban J connectivity index is 1.31. The SMILES string of the molecule is O=C(Nc1cccnc1)c1cccc2nc(-c3nnc4[nH]cc(-c5cncc6ccccc56)cc3-4)[nH]c12. The summed E-state index contributed by atoms with van der Waals surface area (Å²) in [7, 11) is 0. The number of fused-ring (bicyclic) bond motifs is 3.